The third kappa shape index (κ3) is 7.14. The lowest BCUT2D eigenvalue weighted by molar-refractivity contribution is -0.145. The van der Waals surface area contributed by atoms with Gasteiger partial charge in [0.1, 0.15) is 30.0 Å². The highest BCUT2D eigenvalue weighted by Crippen LogP contribution is 2.36. The number of amides is 3. The van der Waals surface area contributed by atoms with Crippen LogP contribution in [0, 0.1) is 0 Å². The lowest BCUT2D eigenvalue weighted by Crippen LogP contribution is -2.53. The van der Waals surface area contributed by atoms with Gasteiger partial charge in [0.05, 0.1) is 7.11 Å². The molecule has 0 aliphatic heterocycles. The molecule has 0 saturated heterocycles. The predicted molar refractivity (Wildman–Crippen MR) is 115 cm³/mol. The first-order valence-electron chi connectivity index (χ1n) is 10.4. The van der Waals surface area contributed by atoms with Gasteiger partial charge < -0.3 is 30.1 Å². The Morgan fingerprint density at radius 1 is 1.16 bits per heavy atom. The van der Waals surface area contributed by atoms with Gasteiger partial charge in [-0.1, -0.05) is 12.1 Å². The van der Waals surface area contributed by atoms with Crippen molar-refractivity contribution < 1.29 is 33.8 Å². The summed E-state index contributed by atoms with van der Waals surface area (Å²) in [5, 5.41) is 14.6. The summed E-state index contributed by atoms with van der Waals surface area (Å²) in [7, 11) is 1.20. The molecule has 2 unspecified atom stereocenters. The number of rotatable bonds is 8. The van der Waals surface area contributed by atoms with E-state index >= 15 is 0 Å². The van der Waals surface area contributed by atoms with Gasteiger partial charge in [0, 0.05) is 6.04 Å². The molecule has 10 nitrogen and oxygen atoms in total. The van der Waals surface area contributed by atoms with Crippen molar-refractivity contribution in [2.75, 3.05) is 13.7 Å². The Hall–Kier alpha value is -3.30. The van der Waals surface area contributed by atoms with Gasteiger partial charge in [0.25, 0.3) is 0 Å². The van der Waals surface area contributed by atoms with E-state index < -0.39 is 41.6 Å². The molecule has 0 bridgehead atoms. The summed E-state index contributed by atoms with van der Waals surface area (Å²) in [6, 6.07) is 3.66. The normalized spacial score (nSPS) is 15.2. The largest absolute Gasteiger partial charge is 0.508 e. The van der Waals surface area contributed by atoms with E-state index in [1.54, 1.807) is 20.8 Å². The lowest BCUT2D eigenvalue weighted by atomic mass is 10.0. The van der Waals surface area contributed by atoms with E-state index in [9.17, 15) is 24.3 Å². The van der Waals surface area contributed by atoms with Crippen molar-refractivity contribution in [2.45, 2.75) is 64.3 Å². The summed E-state index contributed by atoms with van der Waals surface area (Å²) in [5.41, 5.74) is -0.277. The average Bonchev–Trinajstić information content (AvgIpc) is 3.53. The summed E-state index contributed by atoms with van der Waals surface area (Å²) in [6.45, 7) is 6.29. The summed E-state index contributed by atoms with van der Waals surface area (Å²) < 4.78 is 9.78. The fraction of sp³-hybridized carbons (Fsp3) is 0.545. The standard InChI is InChI=1S/C22H31N3O7/c1-13(24-21(30)32-22(2,3)4)20(29)25(15-8-9-15)18(14-6-10-16(26)11-7-14)19(28)23-12-17(27)31-5/h6-7,10-11,13,15,18,26H,8-9,12H2,1-5H3,(H,23,28)(H,24,30). The number of phenols is 1. The Bertz CT molecular complexity index is 844. The number of carbonyl (C=O) groups excluding carboxylic acids is 4. The maximum Gasteiger partial charge on any atom is 0.408 e. The number of nitrogens with zero attached hydrogens (tertiary/aromatic N) is 1. The van der Waals surface area contributed by atoms with Crippen LogP contribution in [0.2, 0.25) is 0 Å². The number of phenolic OH excluding ortho intramolecular Hbond substituents is 1. The molecule has 0 radical (unpaired) electrons. The SMILES string of the molecule is COC(=O)CNC(=O)C(c1ccc(O)cc1)N(C(=O)C(C)NC(=O)OC(C)(C)C)C1CC1. The van der Waals surface area contributed by atoms with Gasteiger partial charge in [-0.3, -0.25) is 14.4 Å². The average molecular weight is 450 g/mol. The third-order valence-electron chi connectivity index (χ3n) is 4.67. The van der Waals surface area contributed by atoms with Gasteiger partial charge >= 0.3 is 12.1 Å². The molecule has 176 valence electrons. The van der Waals surface area contributed by atoms with E-state index in [4.69, 9.17) is 4.74 Å². The smallest absolute Gasteiger partial charge is 0.408 e. The Balaban J connectivity index is 2.29. The first kappa shape index (κ1) is 25.0. The molecular formula is C22H31N3O7. The molecule has 10 heteroatoms. The monoisotopic (exact) mass is 449 g/mol. The van der Waals surface area contributed by atoms with Gasteiger partial charge in [-0.15, -0.1) is 0 Å². The Labute approximate surface area is 187 Å². The number of nitrogens with one attached hydrogen (secondary N) is 2. The van der Waals surface area contributed by atoms with Gasteiger partial charge in [0.15, 0.2) is 0 Å². The van der Waals surface area contributed by atoms with Crippen molar-refractivity contribution in [3.63, 3.8) is 0 Å². The van der Waals surface area contributed by atoms with Crippen molar-refractivity contribution >= 4 is 23.9 Å². The maximum atomic E-state index is 13.3. The molecule has 3 N–H and O–H groups in total. The van der Waals surface area contributed by atoms with Crippen molar-refractivity contribution in [1.82, 2.24) is 15.5 Å². The molecule has 1 aliphatic carbocycles. The topological polar surface area (TPSA) is 134 Å². The van der Waals surface area contributed by atoms with Crippen molar-refractivity contribution in [1.29, 1.82) is 0 Å². The Morgan fingerprint density at radius 2 is 1.75 bits per heavy atom. The highest BCUT2D eigenvalue weighted by atomic mass is 16.6. The number of alkyl carbamates (subject to hydrolysis) is 1. The highest BCUT2D eigenvalue weighted by Gasteiger charge is 2.43. The molecule has 3 amide bonds. The van der Waals surface area contributed by atoms with Gasteiger partial charge in [-0.25, -0.2) is 4.79 Å². The predicted octanol–water partition coefficient (Wildman–Crippen LogP) is 1.63. The third-order valence-corrected chi connectivity index (χ3v) is 4.67. The van der Waals surface area contributed by atoms with Crippen LogP contribution in [0.5, 0.6) is 5.75 Å². The summed E-state index contributed by atoms with van der Waals surface area (Å²) in [4.78, 5) is 51.5. The zero-order chi connectivity index (χ0) is 24.1. The maximum absolute atomic E-state index is 13.3. The number of hydrogen-bond donors (Lipinski definition) is 3. The first-order chi connectivity index (χ1) is 14.9. The lowest BCUT2D eigenvalue weighted by Gasteiger charge is -2.33. The highest BCUT2D eigenvalue weighted by molar-refractivity contribution is 5.93. The van der Waals surface area contributed by atoms with Crippen LogP contribution in [0.3, 0.4) is 0 Å². The zero-order valence-corrected chi connectivity index (χ0v) is 19.0. The fourth-order valence-electron chi connectivity index (χ4n) is 3.06. The van der Waals surface area contributed by atoms with Crippen LogP contribution < -0.4 is 10.6 Å². The number of esters is 1. The van der Waals surface area contributed by atoms with E-state index in [0.717, 1.165) is 0 Å². The Morgan fingerprint density at radius 3 is 2.25 bits per heavy atom. The van der Waals surface area contributed by atoms with Crippen LogP contribution in [0.25, 0.3) is 0 Å². The Kier molecular flexibility index (Phi) is 8.07. The number of ether oxygens (including phenoxy) is 2. The van der Waals surface area contributed by atoms with Crippen LogP contribution in [-0.4, -0.2) is 65.2 Å². The molecule has 0 spiro atoms. The molecule has 2 atom stereocenters. The number of methoxy groups -OCH3 is 1. The fourth-order valence-corrected chi connectivity index (χ4v) is 3.06. The second-order valence-corrected chi connectivity index (χ2v) is 8.63. The van der Waals surface area contributed by atoms with Crippen LogP contribution in [0.4, 0.5) is 4.79 Å². The zero-order valence-electron chi connectivity index (χ0n) is 19.0. The van der Waals surface area contributed by atoms with Gasteiger partial charge in [0.2, 0.25) is 11.8 Å². The second kappa shape index (κ2) is 10.3. The van der Waals surface area contributed by atoms with E-state index in [2.05, 4.69) is 15.4 Å². The van der Waals surface area contributed by atoms with Crippen LogP contribution in [0.1, 0.15) is 52.1 Å². The first-order valence-corrected chi connectivity index (χ1v) is 10.4. The van der Waals surface area contributed by atoms with E-state index in [0.29, 0.717) is 18.4 Å². The van der Waals surface area contributed by atoms with E-state index in [1.807, 2.05) is 0 Å². The second-order valence-electron chi connectivity index (χ2n) is 8.63. The van der Waals surface area contributed by atoms with Crippen molar-refractivity contribution in [3.8, 4) is 5.75 Å². The molecule has 1 aromatic rings. The minimum Gasteiger partial charge on any atom is -0.508 e. The van der Waals surface area contributed by atoms with E-state index in [1.165, 1.54) is 43.2 Å². The number of benzene rings is 1. The minimum absolute atomic E-state index is 0.00623. The van der Waals surface area contributed by atoms with Gasteiger partial charge in [-0.2, -0.15) is 0 Å². The van der Waals surface area contributed by atoms with Crippen LogP contribution in [-0.2, 0) is 23.9 Å². The molecule has 1 fully saturated rings. The summed E-state index contributed by atoms with van der Waals surface area (Å²) in [5.74, 6) is -1.67. The number of carbonyl (C=O) groups is 4. The van der Waals surface area contributed by atoms with Crippen molar-refractivity contribution in [2.24, 2.45) is 0 Å². The van der Waals surface area contributed by atoms with Gasteiger partial charge in [-0.05, 0) is 58.2 Å². The number of hydrogen-bond acceptors (Lipinski definition) is 7. The minimum atomic E-state index is -1.07. The van der Waals surface area contributed by atoms with E-state index in [-0.39, 0.29) is 18.3 Å². The van der Waals surface area contributed by atoms with Crippen LogP contribution >= 0.6 is 0 Å². The molecule has 0 heterocycles. The van der Waals surface area contributed by atoms with Crippen LogP contribution in [0.15, 0.2) is 24.3 Å². The molecule has 32 heavy (non-hydrogen) atoms. The number of aromatic hydroxyl groups is 1. The molecule has 1 aromatic carbocycles. The quantitative estimate of drug-likeness (QED) is 0.514. The molecule has 0 aromatic heterocycles. The molecule has 1 saturated carbocycles. The molecule has 1 aliphatic rings. The summed E-state index contributed by atoms with van der Waals surface area (Å²) in [6.07, 6.45) is 0.651. The summed E-state index contributed by atoms with van der Waals surface area (Å²) >= 11 is 0. The van der Waals surface area contributed by atoms with Crippen molar-refractivity contribution in [3.05, 3.63) is 29.8 Å². The molecular weight excluding hydrogens is 418 g/mol. The molecule has 2 rings (SSSR count).